The molecule has 4 heterocycles. The van der Waals surface area contributed by atoms with Crippen molar-refractivity contribution in [3.63, 3.8) is 0 Å². The van der Waals surface area contributed by atoms with Gasteiger partial charge in [0, 0.05) is 35.9 Å². The first kappa shape index (κ1) is 22.5. The van der Waals surface area contributed by atoms with Crippen molar-refractivity contribution in [3.05, 3.63) is 63.7 Å². The number of aliphatic hydroxyl groups excluding tert-OH is 1. The molecule has 33 heavy (non-hydrogen) atoms. The van der Waals surface area contributed by atoms with E-state index in [1.807, 2.05) is 30.1 Å². The summed E-state index contributed by atoms with van der Waals surface area (Å²) in [6.07, 6.45) is 6.83. The molecule has 2 aromatic heterocycles. The maximum atomic E-state index is 9.13. The Morgan fingerprint density at radius 2 is 2.12 bits per heavy atom. The molecule has 2 aliphatic heterocycles. The fourth-order valence-corrected chi connectivity index (χ4v) is 5.46. The summed E-state index contributed by atoms with van der Waals surface area (Å²) in [5.41, 5.74) is 5.40. The third kappa shape index (κ3) is 4.57. The number of aliphatic hydroxyl groups is 1. The number of aryl methyl sites for hydroxylation is 1. The van der Waals surface area contributed by atoms with E-state index in [1.165, 1.54) is 11.1 Å². The molecule has 2 atom stereocenters. The first-order chi connectivity index (χ1) is 16.0. The molecule has 0 amide bonds. The van der Waals surface area contributed by atoms with Crippen molar-refractivity contribution in [2.75, 3.05) is 19.8 Å². The van der Waals surface area contributed by atoms with Gasteiger partial charge in [-0.2, -0.15) is 5.10 Å². The summed E-state index contributed by atoms with van der Waals surface area (Å²) in [5, 5.41) is 23.1. The van der Waals surface area contributed by atoms with Gasteiger partial charge in [-0.25, -0.2) is 4.68 Å². The van der Waals surface area contributed by atoms with Crippen molar-refractivity contribution in [1.82, 2.24) is 29.7 Å². The van der Waals surface area contributed by atoms with Crippen molar-refractivity contribution >= 4 is 11.6 Å². The number of halogens is 1. The third-order valence-corrected chi connectivity index (χ3v) is 7.26. The number of likely N-dealkylation sites (tertiary alicyclic amines) is 1. The first-order valence-corrected chi connectivity index (χ1v) is 12.0. The van der Waals surface area contributed by atoms with Crippen LogP contribution in [-0.4, -0.2) is 60.6 Å². The lowest BCUT2D eigenvalue weighted by atomic mass is 9.77. The van der Waals surface area contributed by atoms with Gasteiger partial charge in [0.25, 0.3) is 0 Å². The summed E-state index contributed by atoms with van der Waals surface area (Å²) >= 11 is 6.34. The topological polar surface area (TPSA) is 81.2 Å². The maximum Gasteiger partial charge on any atom is 0.0967 e. The fraction of sp³-hybridized carbons (Fsp3) is 0.542. The largest absolute Gasteiger partial charge is 0.394 e. The molecule has 5 rings (SSSR count). The number of nitrogens with zero attached hydrogens (tertiary/aromatic N) is 6. The number of benzene rings is 1. The maximum absolute atomic E-state index is 9.13. The number of ether oxygens (including phenoxy) is 1. The van der Waals surface area contributed by atoms with E-state index in [1.54, 1.807) is 4.68 Å². The zero-order valence-electron chi connectivity index (χ0n) is 19.2. The van der Waals surface area contributed by atoms with Crippen LogP contribution >= 0.6 is 11.6 Å². The molecule has 3 aromatic rings. The molecular weight excluding hydrogens is 440 g/mol. The van der Waals surface area contributed by atoms with E-state index in [0.29, 0.717) is 19.1 Å². The Morgan fingerprint density at radius 1 is 1.24 bits per heavy atom. The van der Waals surface area contributed by atoms with E-state index in [4.69, 9.17) is 21.4 Å². The Kier molecular flexibility index (Phi) is 6.26. The molecule has 1 saturated heterocycles. The molecular formula is C24H31ClN6O2. The quantitative estimate of drug-likeness (QED) is 0.596. The van der Waals surface area contributed by atoms with Crippen LogP contribution in [0.15, 0.2) is 30.6 Å². The fourth-order valence-electron chi connectivity index (χ4n) is 5.29. The van der Waals surface area contributed by atoms with Gasteiger partial charge >= 0.3 is 0 Å². The predicted octanol–water partition coefficient (Wildman–Crippen LogP) is 2.93. The van der Waals surface area contributed by atoms with E-state index >= 15 is 0 Å². The Balaban J connectivity index is 1.25. The van der Waals surface area contributed by atoms with Crippen LogP contribution in [0.25, 0.3) is 0 Å². The number of hydrogen-bond donors (Lipinski definition) is 1. The van der Waals surface area contributed by atoms with E-state index in [9.17, 15) is 0 Å². The zero-order chi connectivity index (χ0) is 23.0. The van der Waals surface area contributed by atoms with E-state index in [-0.39, 0.29) is 12.2 Å². The predicted molar refractivity (Wildman–Crippen MR) is 125 cm³/mol. The minimum atomic E-state index is -0.238. The molecule has 1 spiro atoms. The van der Waals surface area contributed by atoms with Crippen LogP contribution in [0.5, 0.6) is 0 Å². The molecule has 9 heteroatoms. The number of rotatable bonds is 6. The Labute approximate surface area is 199 Å². The number of fused-ring (bicyclic) bond motifs is 2. The van der Waals surface area contributed by atoms with E-state index in [2.05, 4.69) is 39.4 Å². The highest BCUT2D eigenvalue weighted by Gasteiger charge is 2.43. The van der Waals surface area contributed by atoms with Gasteiger partial charge in [0.05, 0.1) is 49.5 Å². The van der Waals surface area contributed by atoms with Gasteiger partial charge in [0.1, 0.15) is 0 Å². The van der Waals surface area contributed by atoms with E-state index < -0.39 is 0 Å². The molecule has 1 aromatic carbocycles. The van der Waals surface area contributed by atoms with Crippen molar-refractivity contribution in [2.24, 2.45) is 0 Å². The minimum absolute atomic E-state index is 0.0764. The Morgan fingerprint density at radius 3 is 2.94 bits per heavy atom. The number of aromatic nitrogens is 5. The summed E-state index contributed by atoms with van der Waals surface area (Å²) in [6.45, 7) is 7.91. The molecule has 0 bridgehead atoms. The van der Waals surface area contributed by atoms with Crippen LogP contribution in [0, 0.1) is 6.92 Å². The first-order valence-electron chi connectivity index (χ1n) is 11.7. The van der Waals surface area contributed by atoms with Crippen LogP contribution in [0.4, 0.5) is 0 Å². The molecule has 0 unspecified atom stereocenters. The molecule has 0 saturated carbocycles. The van der Waals surface area contributed by atoms with Crippen LogP contribution in [-0.2, 0) is 36.4 Å². The van der Waals surface area contributed by atoms with Crippen LogP contribution in [0.3, 0.4) is 0 Å². The Bertz CT molecular complexity index is 1130. The molecule has 1 N–H and O–H groups in total. The SMILES string of the molecule is Cc1nn(CCO)cc1Cn1cc(CN2CC[C@]3(C[C@@H]2C)OCCc2ccc(Cl)cc23)nn1. The van der Waals surface area contributed by atoms with Crippen LogP contribution in [0.1, 0.15) is 47.8 Å². The van der Waals surface area contributed by atoms with Gasteiger partial charge in [0.15, 0.2) is 0 Å². The number of piperidine rings is 1. The van der Waals surface area contributed by atoms with Crippen molar-refractivity contribution in [3.8, 4) is 0 Å². The van der Waals surface area contributed by atoms with Crippen molar-refractivity contribution in [2.45, 2.75) is 64.4 Å². The summed E-state index contributed by atoms with van der Waals surface area (Å²) in [6, 6.07) is 6.61. The highest BCUT2D eigenvalue weighted by Crippen LogP contribution is 2.44. The van der Waals surface area contributed by atoms with Crippen molar-refractivity contribution in [1.29, 1.82) is 0 Å². The van der Waals surface area contributed by atoms with Gasteiger partial charge in [-0.1, -0.05) is 22.9 Å². The molecule has 176 valence electrons. The summed E-state index contributed by atoms with van der Waals surface area (Å²) in [7, 11) is 0. The average Bonchev–Trinajstić information content (AvgIpc) is 3.37. The summed E-state index contributed by atoms with van der Waals surface area (Å²) < 4.78 is 10.0. The molecule has 1 fully saturated rings. The van der Waals surface area contributed by atoms with Gasteiger partial charge in [-0.15, -0.1) is 5.10 Å². The molecule has 0 aliphatic carbocycles. The lowest BCUT2D eigenvalue weighted by Crippen LogP contribution is -2.50. The molecule has 8 nitrogen and oxygen atoms in total. The van der Waals surface area contributed by atoms with Crippen LogP contribution in [0.2, 0.25) is 5.02 Å². The van der Waals surface area contributed by atoms with Gasteiger partial charge < -0.3 is 9.84 Å². The standard InChI is InChI=1S/C24H31ClN6O2/c1-17-12-24(23-11-21(25)4-3-19(23)5-10-33-24)6-7-29(17)15-22-16-31(28-26-22)14-20-13-30(8-9-32)27-18(20)2/h3-4,11,13,16-17,32H,5-10,12,14-15H2,1-2H3/t17-,24+/m0/s1. The second-order valence-electron chi connectivity index (χ2n) is 9.30. The monoisotopic (exact) mass is 470 g/mol. The second kappa shape index (κ2) is 9.18. The van der Waals surface area contributed by atoms with Crippen molar-refractivity contribution < 1.29 is 9.84 Å². The second-order valence-corrected chi connectivity index (χ2v) is 9.74. The highest BCUT2D eigenvalue weighted by atomic mass is 35.5. The van der Waals surface area contributed by atoms with Gasteiger partial charge in [-0.3, -0.25) is 9.58 Å². The molecule has 0 radical (unpaired) electrons. The smallest absolute Gasteiger partial charge is 0.0967 e. The highest BCUT2D eigenvalue weighted by molar-refractivity contribution is 6.30. The van der Waals surface area contributed by atoms with Gasteiger partial charge in [0.2, 0.25) is 0 Å². The van der Waals surface area contributed by atoms with E-state index in [0.717, 1.165) is 60.9 Å². The average molecular weight is 471 g/mol. The summed E-state index contributed by atoms with van der Waals surface area (Å²) in [4.78, 5) is 2.46. The number of hydrogen-bond acceptors (Lipinski definition) is 6. The minimum Gasteiger partial charge on any atom is -0.394 e. The Hall–Kier alpha value is -2.26. The van der Waals surface area contributed by atoms with Crippen LogP contribution < -0.4 is 0 Å². The normalized spacial score (nSPS) is 23.2. The zero-order valence-corrected chi connectivity index (χ0v) is 20.0. The van der Waals surface area contributed by atoms with Gasteiger partial charge in [-0.05, 0) is 56.4 Å². The molecule has 2 aliphatic rings. The lowest BCUT2D eigenvalue weighted by molar-refractivity contribution is -0.113. The third-order valence-electron chi connectivity index (χ3n) is 7.02. The lowest BCUT2D eigenvalue weighted by Gasteiger charge is -2.48. The summed E-state index contributed by atoms with van der Waals surface area (Å²) in [5.74, 6) is 0.